The molecule has 0 bridgehead atoms. The van der Waals surface area contributed by atoms with Crippen LogP contribution in [0.1, 0.15) is 0 Å². The Morgan fingerprint density at radius 1 is 1.83 bits per heavy atom. The lowest BCUT2D eigenvalue weighted by atomic mass is 11.4. The van der Waals surface area contributed by atoms with Crippen LogP contribution in [0.2, 0.25) is 0 Å². The minimum Gasteiger partial charge on any atom is -0.260 e. The van der Waals surface area contributed by atoms with Crippen LogP contribution >= 0.6 is 34.2 Å². The maximum Gasteiger partial charge on any atom is 0.149 e. The summed E-state index contributed by atoms with van der Waals surface area (Å²) in [5, 5.41) is 0. The number of aliphatic imine (C=N–C) groups is 1. The number of nitrogens with zero attached hydrogens (tertiary/aromatic N) is 1. The second kappa shape index (κ2) is 2.14. The molecular weight excluding hydrogens is 134 g/mol. The molecule has 0 aromatic rings. The topological polar surface area (TPSA) is 12.4 Å². The largest absolute Gasteiger partial charge is 0.260 e. The van der Waals surface area contributed by atoms with Crippen LogP contribution in [0.15, 0.2) is 4.99 Å². The quantitative estimate of drug-likeness (QED) is 0.402. The van der Waals surface area contributed by atoms with Gasteiger partial charge in [-0.25, -0.2) is 0 Å². The van der Waals surface area contributed by atoms with Crippen LogP contribution in [-0.2, 0) is 0 Å². The highest BCUT2D eigenvalue weighted by Gasteiger charge is 2.02. The van der Waals surface area contributed by atoms with Gasteiger partial charge in [0, 0.05) is 0 Å². The van der Waals surface area contributed by atoms with Gasteiger partial charge in [-0.15, -0.1) is 12.6 Å². The van der Waals surface area contributed by atoms with E-state index in [1.165, 1.54) is 0 Å². The molecule has 1 rings (SSSR count). The molecule has 1 unspecified atom stereocenters. The first-order valence-electron chi connectivity index (χ1n) is 1.41. The van der Waals surface area contributed by atoms with E-state index < -0.39 is 0 Å². The summed E-state index contributed by atoms with van der Waals surface area (Å²) in [6, 6.07) is 0. The highest BCUT2D eigenvalue weighted by atomic mass is 33.1. The Morgan fingerprint density at radius 2 is 2.67 bits per heavy atom. The standard InChI is InChI=1S/C2H3NS3/c4-2-3-1-5-6-2/h1-2,4H. The Bertz CT molecular complexity index is 71.2. The SMILES string of the molecule is SC1N=CSS1. The lowest BCUT2D eigenvalue weighted by Gasteiger charge is -1.86. The van der Waals surface area contributed by atoms with Gasteiger partial charge in [-0.3, -0.25) is 4.99 Å². The Hall–Kier alpha value is 0.720. The van der Waals surface area contributed by atoms with E-state index >= 15 is 0 Å². The summed E-state index contributed by atoms with van der Waals surface area (Å²) in [5.74, 6) is 0. The van der Waals surface area contributed by atoms with E-state index in [-0.39, 0.29) is 4.71 Å². The normalized spacial score (nSPS) is 31.8. The van der Waals surface area contributed by atoms with Crippen molar-refractivity contribution in [1.29, 1.82) is 0 Å². The minimum atomic E-state index is 0.190. The third-order valence-electron chi connectivity index (χ3n) is 0.373. The second-order valence-electron chi connectivity index (χ2n) is 0.773. The number of hydrogen-bond donors (Lipinski definition) is 1. The summed E-state index contributed by atoms with van der Waals surface area (Å²) in [7, 11) is 3.29. The molecule has 1 aliphatic rings. The summed E-state index contributed by atoms with van der Waals surface area (Å²) in [6.45, 7) is 0. The van der Waals surface area contributed by atoms with Crippen molar-refractivity contribution in [3.63, 3.8) is 0 Å². The van der Waals surface area contributed by atoms with Crippen molar-refractivity contribution in [2.24, 2.45) is 4.99 Å². The van der Waals surface area contributed by atoms with Gasteiger partial charge in [0.05, 0.1) is 5.55 Å². The molecule has 0 radical (unpaired) electrons. The van der Waals surface area contributed by atoms with Gasteiger partial charge in [0.1, 0.15) is 4.71 Å². The molecule has 0 saturated heterocycles. The van der Waals surface area contributed by atoms with E-state index in [4.69, 9.17) is 0 Å². The summed E-state index contributed by atoms with van der Waals surface area (Å²) >= 11 is 4.04. The molecule has 0 saturated carbocycles. The predicted molar refractivity (Wildman–Crippen MR) is 36.4 cm³/mol. The zero-order valence-corrected chi connectivity index (χ0v) is 5.39. The molecule has 6 heavy (non-hydrogen) atoms. The first kappa shape index (κ1) is 4.87. The molecule has 0 aliphatic carbocycles. The molecule has 0 aromatic heterocycles. The molecule has 1 atom stereocenters. The van der Waals surface area contributed by atoms with Crippen molar-refractivity contribution < 1.29 is 0 Å². The summed E-state index contributed by atoms with van der Waals surface area (Å²) in [6.07, 6.45) is 0. The van der Waals surface area contributed by atoms with Crippen molar-refractivity contribution in [2.75, 3.05) is 0 Å². The highest BCUT2D eigenvalue weighted by molar-refractivity contribution is 8.83. The van der Waals surface area contributed by atoms with E-state index in [0.29, 0.717) is 0 Å². The third kappa shape index (κ3) is 1.10. The fourth-order valence-electron chi connectivity index (χ4n) is 0.176. The zero-order chi connectivity index (χ0) is 4.41. The number of hydrogen-bond acceptors (Lipinski definition) is 4. The first-order valence-corrected chi connectivity index (χ1v) is 4.21. The molecular formula is C2H3NS3. The monoisotopic (exact) mass is 137 g/mol. The Kier molecular flexibility index (Phi) is 1.74. The summed E-state index contributed by atoms with van der Waals surface area (Å²) in [5.41, 5.74) is 1.81. The summed E-state index contributed by atoms with van der Waals surface area (Å²) < 4.78 is 0.190. The maximum absolute atomic E-state index is 4.04. The van der Waals surface area contributed by atoms with Crippen molar-refractivity contribution in [3.05, 3.63) is 0 Å². The van der Waals surface area contributed by atoms with Crippen LogP contribution in [0, 0.1) is 0 Å². The first-order chi connectivity index (χ1) is 2.89. The lowest BCUT2D eigenvalue weighted by molar-refractivity contribution is 1.35. The zero-order valence-electron chi connectivity index (χ0n) is 2.87. The smallest absolute Gasteiger partial charge is 0.149 e. The second-order valence-corrected chi connectivity index (χ2v) is 3.81. The van der Waals surface area contributed by atoms with E-state index in [9.17, 15) is 0 Å². The Labute approximate surface area is 49.8 Å². The van der Waals surface area contributed by atoms with Gasteiger partial charge < -0.3 is 0 Å². The van der Waals surface area contributed by atoms with E-state index in [1.54, 1.807) is 21.6 Å². The van der Waals surface area contributed by atoms with Crippen LogP contribution in [0.4, 0.5) is 0 Å². The molecule has 1 aliphatic heterocycles. The van der Waals surface area contributed by atoms with Crippen molar-refractivity contribution in [1.82, 2.24) is 0 Å². The molecule has 1 heterocycles. The summed E-state index contributed by atoms with van der Waals surface area (Å²) in [4.78, 5) is 3.90. The van der Waals surface area contributed by atoms with Crippen molar-refractivity contribution in [2.45, 2.75) is 4.71 Å². The minimum absolute atomic E-state index is 0.190. The molecule has 1 nitrogen and oxygen atoms in total. The molecule has 0 fully saturated rings. The maximum atomic E-state index is 4.04. The van der Waals surface area contributed by atoms with Crippen molar-refractivity contribution >= 4 is 39.8 Å². The van der Waals surface area contributed by atoms with Gasteiger partial charge in [-0.1, -0.05) is 0 Å². The van der Waals surface area contributed by atoms with Gasteiger partial charge in [0.2, 0.25) is 0 Å². The molecule has 0 N–H and O–H groups in total. The molecule has 4 heteroatoms. The molecule has 0 amide bonds. The lowest BCUT2D eigenvalue weighted by Crippen LogP contribution is -1.71. The number of rotatable bonds is 0. The van der Waals surface area contributed by atoms with Gasteiger partial charge in [0.15, 0.2) is 0 Å². The predicted octanol–water partition coefficient (Wildman–Crippen LogP) is 1.62. The highest BCUT2D eigenvalue weighted by Crippen LogP contribution is 2.33. The van der Waals surface area contributed by atoms with Crippen molar-refractivity contribution in [3.8, 4) is 0 Å². The fraction of sp³-hybridized carbons (Fsp3) is 0.500. The Balaban J connectivity index is 2.38. The van der Waals surface area contributed by atoms with Crippen LogP contribution in [0.5, 0.6) is 0 Å². The average Bonchev–Trinajstić information content (AvgIpc) is 1.86. The average molecular weight is 137 g/mol. The third-order valence-corrected chi connectivity index (χ3v) is 3.00. The van der Waals surface area contributed by atoms with Gasteiger partial charge in [0.25, 0.3) is 0 Å². The van der Waals surface area contributed by atoms with Gasteiger partial charge >= 0.3 is 0 Å². The number of thiol groups is 1. The fourth-order valence-corrected chi connectivity index (χ4v) is 2.03. The van der Waals surface area contributed by atoms with E-state index in [0.717, 1.165) is 0 Å². The van der Waals surface area contributed by atoms with E-state index in [1.807, 2.05) is 5.55 Å². The molecule has 34 valence electrons. The molecule has 0 aromatic carbocycles. The Morgan fingerprint density at radius 3 is 2.83 bits per heavy atom. The van der Waals surface area contributed by atoms with Crippen LogP contribution in [0.3, 0.4) is 0 Å². The van der Waals surface area contributed by atoms with E-state index in [2.05, 4.69) is 17.6 Å². The van der Waals surface area contributed by atoms with Gasteiger partial charge in [-0.05, 0) is 21.6 Å². The molecule has 0 spiro atoms. The van der Waals surface area contributed by atoms with Crippen LogP contribution in [0.25, 0.3) is 0 Å². The van der Waals surface area contributed by atoms with Crippen LogP contribution < -0.4 is 0 Å². The van der Waals surface area contributed by atoms with Crippen LogP contribution in [-0.4, -0.2) is 10.3 Å². The van der Waals surface area contributed by atoms with Gasteiger partial charge in [-0.2, -0.15) is 0 Å².